The molecule has 0 fully saturated rings. The maximum Gasteiger partial charge on any atom is 0.135 e. The molecule has 0 radical (unpaired) electrons. The second-order valence-electron chi connectivity index (χ2n) is 4.87. The Labute approximate surface area is 116 Å². The van der Waals surface area contributed by atoms with Gasteiger partial charge in [-0.05, 0) is 31.6 Å². The van der Waals surface area contributed by atoms with Crippen molar-refractivity contribution < 1.29 is 0 Å². The fraction of sp³-hybridized carbons (Fsp3) is 0.267. The van der Waals surface area contributed by atoms with Gasteiger partial charge in [0, 0.05) is 28.6 Å². The van der Waals surface area contributed by atoms with Gasteiger partial charge in [0.1, 0.15) is 5.82 Å². The highest BCUT2D eigenvalue weighted by Gasteiger charge is 2.08. The molecule has 0 atom stereocenters. The van der Waals surface area contributed by atoms with Crippen molar-refractivity contribution in [3.63, 3.8) is 0 Å². The van der Waals surface area contributed by atoms with E-state index in [0.717, 1.165) is 24.4 Å². The average Bonchev–Trinajstić information content (AvgIpc) is 2.88. The Kier molecular flexibility index (Phi) is 3.36. The third kappa shape index (κ3) is 2.41. The second-order valence-corrected chi connectivity index (χ2v) is 5.79. The molecule has 1 aromatic carbocycles. The number of pyridine rings is 1. The molecule has 0 aliphatic heterocycles. The summed E-state index contributed by atoms with van der Waals surface area (Å²) in [5.41, 5.74) is 1.06. The molecule has 0 aliphatic carbocycles. The zero-order chi connectivity index (χ0) is 13.2. The number of hydrogen-bond donors (Lipinski definition) is 1. The molecule has 0 bridgehead atoms. The van der Waals surface area contributed by atoms with E-state index in [4.69, 9.17) is 4.98 Å². The fourth-order valence-electron chi connectivity index (χ4n) is 2.18. The van der Waals surface area contributed by atoms with Crippen LogP contribution in [-0.2, 0) is 0 Å². The minimum Gasteiger partial charge on any atom is -0.368 e. The highest BCUT2D eigenvalue weighted by atomic mass is 32.1. The first-order valence-corrected chi connectivity index (χ1v) is 7.28. The van der Waals surface area contributed by atoms with Crippen LogP contribution in [0, 0.1) is 0 Å². The van der Waals surface area contributed by atoms with Crippen LogP contribution < -0.4 is 5.32 Å². The van der Waals surface area contributed by atoms with Gasteiger partial charge in [0.2, 0.25) is 0 Å². The summed E-state index contributed by atoms with van der Waals surface area (Å²) >= 11 is 1.78. The molecule has 3 nitrogen and oxygen atoms in total. The average molecular weight is 271 g/mol. The molecular weight excluding hydrogens is 254 g/mol. The van der Waals surface area contributed by atoms with Crippen molar-refractivity contribution >= 4 is 38.1 Å². The van der Waals surface area contributed by atoms with Crippen molar-refractivity contribution in [3.8, 4) is 0 Å². The largest absolute Gasteiger partial charge is 0.368 e. The first-order chi connectivity index (χ1) is 9.25. The third-order valence-electron chi connectivity index (χ3n) is 3.15. The molecule has 0 saturated carbocycles. The zero-order valence-corrected chi connectivity index (χ0v) is 12.0. The standard InChI is InChI=1S/C15H17N3S/c1-18(2)9-8-16-15-12-7-10-19-14(12)11-5-3-4-6-13(11)17-15/h3-7,10H,8-9H2,1-2H3,(H,16,17). The van der Waals surface area contributed by atoms with Gasteiger partial charge in [0.05, 0.1) is 5.52 Å². The van der Waals surface area contributed by atoms with E-state index in [1.54, 1.807) is 11.3 Å². The number of thiophene rings is 1. The van der Waals surface area contributed by atoms with E-state index in [2.05, 4.69) is 54.0 Å². The number of fused-ring (bicyclic) bond motifs is 3. The minimum absolute atomic E-state index is 0.906. The smallest absolute Gasteiger partial charge is 0.135 e. The van der Waals surface area contributed by atoms with E-state index in [0.29, 0.717) is 0 Å². The number of para-hydroxylation sites is 1. The third-order valence-corrected chi connectivity index (χ3v) is 4.10. The lowest BCUT2D eigenvalue weighted by molar-refractivity contribution is 0.425. The molecule has 98 valence electrons. The topological polar surface area (TPSA) is 28.2 Å². The number of nitrogens with zero attached hydrogens (tertiary/aromatic N) is 2. The van der Waals surface area contributed by atoms with Crippen LogP contribution in [0.4, 0.5) is 5.82 Å². The molecule has 1 N–H and O–H groups in total. The zero-order valence-electron chi connectivity index (χ0n) is 11.2. The Morgan fingerprint density at radius 3 is 2.84 bits per heavy atom. The summed E-state index contributed by atoms with van der Waals surface area (Å²) in [6.45, 7) is 1.91. The summed E-state index contributed by atoms with van der Waals surface area (Å²) in [5.74, 6) is 0.997. The maximum absolute atomic E-state index is 4.75. The molecule has 0 aliphatic rings. The summed E-state index contributed by atoms with van der Waals surface area (Å²) in [6, 6.07) is 10.5. The van der Waals surface area contributed by atoms with Crippen molar-refractivity contribution in [1.82, 2.24) is 9.88 Å². The Hall–Kier alpha value is -1.65. The number of aromatic nitrogens is 1. The van der Waals surface area contributed by atoms with Gasteiger partial charge in [0.15, 0.2) is 0 Å². The Morgan fingerprint density at radius 2 is 2.00 bits per heavy atom. The first-order valence-electron chi connectivity index (χ1n) is 6.40. The SMILES string of the molecule is CN(C)CCNc1nc2ccccc2c2sccc12. The van der Waals surface area contributed by atoms with Gasteiger partial charge in [-0.25, -0.2) is 4.98 Å². The highest BCUT2D eigenvalue weighted by Crippen LogP contribution is 2.33. The van der Waals surface area contributed by atoms with Crippen molar-refractivity contribution in [2.45, 2.75) is 0 Å². The predicted octanol–water partition coefficient (Wildman–Crippen LogP) is 3.42. The summed E-state index contributed by atoms with van der Waals surface area (Å²) in [4.78, 5) is 6.92. The lowest BCUT2D eigenvalue weighted by Gasteiger charge is -2.12. The summed E-state index contributed by atoms with van der Waals surface area (Å²) in [7, 11) is 4.16. The van der Waals surface area contributed by atoms with Crippen LogP contribution in [0.15, 0.2) is 35.7 Å². The number of likely N-dealkylation sites (N-methyl/N-ethyl adjacent to an activating group) is 1. The van der Waals surface area contributed by atoms with E-state index in [1.165, 1.54) is 15.5 Å². The molecule has 4 heteroatoms. The number of hydrogen-bond acceptors (Lipinski definition) is 4. The van der Waals surface area contributed by atoms with Crippen LogP contribution >= 0.6 is 11.3 Å². The van der Waals surface area contributed by atoms with Crippen molar-refractivity contribution in [2.75, 3.05) is 32.5 Å². The normalized spacial score (nSPS) is 11.5. The molecular formula is C15H17N3S. The molecule has 3 aromatic rings. The number of rotatable bonds is 4. The molecule has 2 aromatic heterocycles. The maximum atomic E-state index is 4.75. The number of benzene rings is 1. The Bertz CT molecular complexity index is 703. The van der Waals surface area contributed by atoms with Crippen LogP contribution in [0.2, 0.25) is 0 Å². The first kappa shape index (κ1) is 12.4. The van der Waals surface area contributed by atoms with Crippen molar-refractivity contribution in [2.24, 2.45) is 0 Å². The molecule has 0 saturated heterocycles. The van der Waals surface area contributed by atoms with E-state index in [1.807, 2.05) is 6.07 Å². The number of anilines is 1. The van der Waals surface area contributed by atoms with E-state index >= 15 is 0 Å². The van der Waals surface area contributed by atoms with Gasteiger partial charge < -0.3 is 10.2 Å². The van der Waals surface area contributed by atoms with E-state index in [-0.39, 0.29) is 0 Å². The Balaban J connectivity index is 2.04. The van der Waals surface area contributed by atoms with Crippen LogP contribution in [0.25, 0.3) is 21.0 Å². The van der Waals surface area contributed by atoms with Gasteiger partial charge in [-0.15, -0.1) is 11.3 Å². The lowest BCUT2D eigenvalue weighted by Crippen LogP contribution is -2.21. The van der Waals surface area contributed by atoms with Gasteiger partial charge in [-0.1, -0.05) is 18.2 Å². The quantitative estimate of drug-likeness (QED) is 0.788. The molecule has 2 heterocycles. The fourth-order valence-corrected chi connectivity index (χ4v) is 3.11. The van der Waals surface area contributed by atoms with Crippen LogP contribution in [0.1, 0.15) is 0 Å². The highest BCUT2D eigenvalue weighted by molar-refractivity contribution is 7.18. The summed E-state index contributed by atoms with van der Waals surface area (Å²) < 4.78 is 1.32. The second kappa shape index (κ2) is 5.15. The monoisotopic (exact) mass is 271 g/mol. The molecule has 19 heavy (non-hydrogen) atoms. The summed E-state index contributed by atoms with van der Waals surface area (Å²) in [6.07, 6.45) is 0. The van der Waals surface area contributed by atoms with Gasteiger partial charge in [-0.3, -0.25) is 0 Å². The van der Waals surface area contributed by atoms with Gasteiger partial charge in [0.25, 0.3) is 0 Å². The van der Waals surface area contributed by atoms with Crippen LogP contribution in [0.3, 0.4) is 0 Å². The number of nitrogens with one attached hydrogen (secondary N) is 1. The van der Waals surface area contributed by atoms with Crippen molar-refractivity contribution in [3.05, 3.63) is 35.7 Å². The lowest BCUT2D eigenvalue weighted by atomic mass is 10.2. The van der Waals surface area contributed by atoms with Crippen molar-refractivity contribution in [1.29, 1.82) is 0 Å². The molecule has 3 rings (SSSR count). The van der Waals surface area contributed by atoms with E-state index in [9.17, 15) is 0 Å². The Morgan fingerprint density at radius 1 is 1.16 bits per heavy atom. The van der Waals surface area contributed by atoms with Crippen LogP contribution in [-0.4, -0.2) is 37.1 Å². The van der Waals surface area contributed by atoms with Gasteiger partial charge in [-0.2, -0.15) is 0 Å². The predicted molar refractivity (Wildman–Crippen MR) is 84.2 cm³/mol. The molecule has 0 amide bonds. The summed E-state index contributed by atoms with van der Waals surface area (Å²) in [5, 5.41) is 8.05. The minimum atomic E-state index is 0.906. The van der Waals surface area contributed by atoms with E-state index < -0.39 is 0 Å². The molecule has 0 spiro atoms. The van der Waals surface area contributed by atoms with Gasteiger partial charge >= 0.3 is 0 Å². The molecule has 0 unspecified atom stereocenters. The van der Waals surface area contributed by atoms with Crippen LogP contribution in [0.5, 0.6) is 0 Å².